The van der Waals surface area contributed by atoms with Crippen molar-refractivity contribution in [1.82, 2.24) is 14.5 Å². The molecule has 2 aromatic heterocycles. The van der Waals surface area contributed by atoms with Crippen LogP contribution in [-0.2, 0) is 17.8 Å². The second kappa shape index (κ2) is 5.50. The molecular formula is C14H17N3O3. The molecule has 1 atom stereocenters. The van der Waals surface area contributed by atoms with Crippen molar-refractivity contribution >= 4 is 5.91 Å². The molecule has 1 amide bonds. The van der Waals surface area contributed by atoms with Crippen LogP contribution >= 0.6 is 0 Å². The zero-order chi connectivity index (χ0) is 13.9. The summed E-state index contributed by atoms with van der Waals surface area (Å²) in [6.45, 7) is 2.60. The molecule has 0 saturated heterocycles. The normalized spacial score (nSPS) is 18.6. The van der Waals surface area contributed by atoms with E-state index in [9.17, 15) is 4.79 Å². The average molecular weight is 275 g/mol. The Kier molecular flexibility index (Phi) is 3.56. The van der Waals surface area contributed by atoms with Crippen LogP contribution < -0.4 is 0 Å². The van der Waals surface area contributed by atoms with E-state index in [1.54, 1.807) is 24.3 Å². The fourth-order valence-corrected chi connectivity index (χ4v) is 2.61. The van der Waals surface area contributed by atoms with Crippen molar-refractivity contribution in [2.24, 2.45) is 5.92 Å². The highest BCUT2D eigenvalue weighted by atomic mass is 16.5. The summed E-state index contributed by atoms with van der Waals surface area (Å²) in [4.78, 5) is 18.6. The standard InChI is InChI=1S/C14H17N3O3/c1-19-9-11-6-16-4-3-15-13(16)8-17(7-11)14(18)12-2-5-20-10-12/h2-5,10-11H,6-9H2,1H3. The Morgan fingerprint density at radius 3 is 3.20 bits per heavy atom. The molecule has 3 heterocycles. The van der Waals surface area contributed by atoms with E-state index in [4.69, 9.17) is 9.15 Å². The summed E-state index contributed by atoms with van der Waals surface area (Å²) in [7, 11) is 1.68. The van der Waals surface area contributed by atoms with E-state index in [0.717, 1.165) is 12.4 Å². The number of aromatic nitrogens is 2. The predicted molar refractivity (Wildman–Crippen MR) is 71.0 cm³/mol. The van der Waals surface area contributed by atoms with Gasteiger partial charge in [-0.2, -0.15) is 0 Å². The minimum Gasteiger partial charge on any atom is -0.472 e. The number of ether oxygens (including phenoxy) is 1. The Hall–Kier alpha value is -2.08. The van der Waals surface area contributed by atoms with E-state index < -0.39 is 0 Å². The summed E-state index contributed by atoms with van der Waals surface area (Å²) >= 11 is 0. The fourth-order valence-electron chi connectivity index (χ4n) is 2.61. The number of furan rings is 1. The van der Waals surface area contributed by atoms with E-state index in [2.05, 4.69) is 9.55 Å². The quantitative estimate of drug-likeness (QED) is 0.849. The minimum absolute atomic E-state index is 0.0312. The number of carbonyl (C=O) groups excluding carboxylic acids is 1. The molecule has 0 saturated carbocycles. The SMILES string of the molecule is COCC1CN(C(=O)c2ccoc2)Cc2nccn2C1. The second-order valence-electron chi connectivity index (χ2n) is 5.01. The molecular weight excluding hydrogens is 258 g/mol. The number of amides is 1. The van der Waals surface area contributed by atoms with Crippen LogP contribution in [0.3, 0.4) is 0 Å². The fraction of sp³-hybridized carbons (Fsp3) is 0.429. The second-order valence-corrected chi connectivity index (χ2v) is 5.01. The number of hydrogen-bond donors (Lipinski definition) is 0. The lowest BCUT2D eigenvalue weighted by Gasteiger charge is -2.23. The number of fused-ring (bicyclic) bond motifs is 1. The Balaban J connectivity index is 1.85. The van der Waals surface area contributed by atoms with Gasteiger partial charge in [0.1, 0.15) is 12.1 Å². The molecule has 106 valence electrons. The first-order valence-electron chi connectivity index (χ1n) is 6.58. The minimum atomic E-state index is -0.0312. The van der Waals surface area contributed by atoms with Crippen LogP contribution in [-0.4, -0.2) is 40.6 Å². The van der Waals surface area contributed by atoms with Crippen molar-refractivity contribution in [2.75, 3.05) is 20.3 Å². The monoisotopic (exact) mass is 275 g/mol. The molecule has 0 fully saturated rings. The van der Waals surface area contributed by atoms with Gasteiger partial charge in [-0.05, 0) is 6.07 Å². The van der Waals surface area contributed by atoms with Crippen LogP contribution in [0.5, 0.6) is 0 Å². The number of carbonyl (C=O) groups is 1. The highest BCUT2D eigenvalue weighted by Crippen LogP contribution is 2.18. The lowest BCUT2D eigenvalue weighted by molar-refractivity contribution is 0.0665. The smallest absolute Gasteiger partial charge is 0.257 e. The molecule has 0 radical (unpaired) electrons. The largest absolute Gasteiger partial charge is 0.472 e. The molecule has 0 spiro atoms. The van der Waals surface area contributed by atoms with Gasteiger partial charge in [0.15, 0.2) is 0 Å². The van der Waals surface area contributed by atoms with Gasteiger partial charge in [-0.25, -0.2) is 4.98 Å². The van der Waals surface area contributed by atoms with Crippen molar-refractivity contribution in [1.29, 1.82) is 0 Å². The van der Waals surface area contributed by atoms with Gasteiger partial charge in [0.2, 0.25) is 0 Å². The van der Waals surface area contributed by atoms with Crippen molar-refractivity contribution in [3.8, 4) is 0 Å². The maximum Gasteiger partial charge on any atom is 0.257 e. The summed E-state index contributed by atoms with van der Waals surface area (Å²) in [5, 5.41) is 0. The number of hydrogen-bond acceptors (Lipinski definition) is 4. The van der Waals surface area contributed by atoms with Gasteiger partial charge in [-0.15, -0.1) is 0 Å². The van der Waals surface area contributed by atoms with Gasteiger partial charge in [-0.3, -0.25) is 4.79 Å². The maximum absolute atomic E-state index is 12.5. The molecule has 1 unspecified atom stereocenters. The number of imidazole rings is 1. The van der Waals surface area contributed by atoms with Crippen LogP contribution in [0.25, 0.3) is 0 Å². The highest BCUT2D eigenvalue weighted by molar-refractivity contribution is 5.93. The molecule has 3 rings (SSSR count). The first-order valence-corrected chi connectivity index (χ1v) is 6.58. The van der Waals surface area contributed by atoms with Gasteiger partial charge < -0.3 is 18.6 Å². The summed E-state index contributed by atoms with van der Waals surface area (Å²) in [5.41, 5.74) is 0.571. The highest BCUT2D eigenvalue weighted by Gasteiger charge is 2.26. The summed E-state index contributed by atoms with van der Waals surface area (Å²) < 4.78 is 12.3. The molecule has 6 nitrogen and oxygen atoms in total. The van der Waals surface area contributed by atoms with Crippen LogP contribution in [0.4, 0.5) is 0 Å². The van der Waals surface area contributed by atoms with Crippen LogP contribution in [0.15, 0.2) is 35.4 Å². The Morgan fingerprint density at radius 1 is 1.55 bits per heavy atom. The topological polar surface area (TPSA) is 60.5 Å². The van der Waals surface area contributed by atoms with Crippen molar-refractivity contribution < 1.29 is 13.9 Å². The van der Waals surface area contributed by atoms with Crippen LogP contribution in [0.2, 0.25) is 0 Å². The lowest BCUT2D eigenvalue weighted by Crippen LogP contribution is -2.35. The summed E-state index contributed by atoms with van der Waals surface area (Å²) in [6.07, 6.45) is 6.71. The van der Waals surface area contributed by atoms with Gasteiger partial charge in [0.05, 0.1) is 25.0 Å². The van der Waals surface area contributed by atoms with E-state index in [0.29, 0.717) is 25.3 Å². The third-order valence-corrected chi connectivity index (χ3v) is 3.53. The molecule has 0 bridgehead atoms. The van der Waals surface area contributed by atoms with E-state index in [1.165, 1.54) is 12.5 Å². The first kappa shape index (κ1) is 12.9. The van der Waals surface area contributed by atoms with Crippen molar-refractivity contribution in [3.63, 3.8) is 0 Å². The number of methoxy groups -OCH3 is 1. The van der Waals surface area contributed by atoms with Crippen molar-refractivity contribution in [3.05, 3.63) is 42.4 Å². The lowest BCUT2D eigenvalue weighted by atomic mass is 10.1. The van der Waals surface area contributed by atoms with E-state index in [-0.39, 0.29) is 11.8 Å². The zero-order valence-corrected chi connectivity index (χ0v) is 11.4. The van der Waals surface area contributed by atoms with Crippen LogP contribution in [0, 0.1) is 5.92 Å². The van der Waals surface area contributed by atoms with Crippen LogP contribution in [0.1, 0.15) is 16.2 Å². The zero-order valence-electron chi connectivity index (χ0n) is 11.4. The molecule has 1 aliphatic heterocycles. The van der Waals surface area contributed by atoms with Crippen molar-refractivity contribution in [2.45, 2.75) is 13.1 Å². The van der Waals surface area contributed by atoms with Gasteiger partial charge >= 0.3 is 0 Å². The Labute approximate surface area is 117 Å². The third kappa shape index (κ3) is 2.46. The molecule has 2 aromatic rings. The molecule has 6 heteroatoms. The molecule has 1 aliphatic rings. The summed E-state index contributed by atoms with van der Waals surface area (Å²) in [6, 6.07) is 1.69. The van der Waals surface area contributed by atoms with Gasteiger partial charge in [0, 0.05) is 38.5 Å². The predicted octanol–water partition coefficient (Wildman–Crippen LogP) is 1.39. The molecule has 0 N–H and O–H groups in total. The van der Waals surface area contributed by atoms with E-state index >= 15 is 0 Å². The summed E-state index contributed by atoms with van der Waals surface area (Å²) in [5.74, 6) is 1.13. The third-order valence-electron chi connectivity index (χ3n) is 3.53. The average Bonchev–Trinajstić information content (AvgIpc) is 3.07. The Morgan fingerprint density at radius 2 is 2.45 bits per heavy atom. The van der Waals surface area contributed by atoms with E-state index in [1.807, 2.05) is 6.20 Å². The Bertz CT molecular complexity index is 576. The molecule has 0 aromatic carbocycles. The molecule has 0 aliphatic carbocycles. The number of nitrogens with zero attached hydrogens (tertiary/aromatic N) is 3. The molecule has 20 heavy (non-hydrogen) atoms. The maximum atomic E-state index is 12.5. The first-order chi connectivity index (χ1) is 9.78. The van der Waals surface area contributed by atoms with Gasteiger partial charge in [0.25, 0.3) is 5.91 Å². The van der Waals surface area contributed by atoms with Gasteiger partial charge in [-0.1, -0.05) is 0 Å². The number of rotatable bonds is 3.